The lowest BCUT2D eigenvalue weighted by Crippen LogP contribution is -2.42. The molecule has 12 heteroatoms. The van der Waals surface area contributed by atoms with Crippen molar-refractivity contribution in [1.82, 2.24) is 14.7 Å². The molecule has 214 valence electrons. The smallest absolute Gasteiger partial charge is 0.489 e. The number of hydrogen-bond donors (Lipinski definition) is 2. The molecule has 1 aromatic heterocycles. The SMILES string of the molecule is CC(C)(CO)n1cc(-c2ccc(OC3CCN(C(=O)Cc4ccc(OC(F)(F)F)cc4)CC3)c(C(N)=O)c2)cn1. The summed E-state index contributed by atoms with van der Waals surface area (Å²) in [6.07, 6.45) is -0.451. The van der Waals surface area contributed by atoms with Crippen molar-refractivity contribution >= 4 is 11.8 Å². The summed E-state index contributed by atoms with van der Waals surface area (Å²) in [4.78, 5) is 26.7. The van der Waals surface area contributed by atoms with E-state index in [1.54, 1.807) is 40.2 Å². The van der Waals surface area contributed by atoms with E-state index in [-0.39, 0.29) is 36.4 Å². The molecule has 1 aliphatic heterocycles. The zero-order valence-electron chi connectivity index (χ0n) is 22.1. The molecular formula is C28H31F3N4O5. The van der Waals surface area contributed by atoms with Crippen LogP contribution in [0.5, 0.6) is 11.5 Å². The van der Waals surface area contributed by atoms with E-state index in [1.165, 1.54) is 24.3 Å². The predicted octanol–water partition coefficient (Wildman–Crippen LogP) is 3.89. The van der Waals surface area contributed by atoms with E-state index in [2.05, 4.69) is 9.84 Å². The van der Waals surface area contributed by atoms with Gasteiger partial charge < -0.3 is 25.2 Å². The van der Waals surface area contributed by atoms with Gasteiger partial charge in [-0.25, -0.2) is 0 Å². The highest BCUT2D eigenvalue weighted by Gasteiger charge is 2.31. The first-order chi connectivity index (χ1) is 18.8. The van der Waals surface area contributed by atoms with Gasteiger partial charge in [0.05, 0.1) is 30.3 Å². The Balaban J connectivity index is 1.35. The third-order valence-electron chi connectivity index (χ3n) is 6.77. The summed E-state index contributed by atoms with van der Waals surface area (Å²) >= 11 is 0. The fourth-order valence-electron chi connectivity index (χ4n) is 4.38. The Kier molecular flexibility index (Phi) is 8.38. The van der Waals surface area contributed by atoms with Gasteiger partial charge in [0.25, 0.3) is 5.91 Å². The number of aliphatic hydroxyl groups excluding tert-OH is 1. The van der Waals surface area contributed by atoms with Gasteiger partial charge in [-0.1, -0.05) is 18.2 Å². The predicted molar refractivity (Wildman–Crippen MR) is 140 cm³/mol. The van der Waals surface area contributed by atoms with Crippen molar-refractivity contribution < 1.29 is 37.3 Å². The van der Waals surface area contributed by atoms with E-state index in [1.807, 2.05) is 13.8 Å². The van der Waals surface area contributed by atoms with Gasteiger partial charge in [-0.05, 0) is 49.2 Å². The van der Waals surface area contributed by atoms with Crippen molar-refractivity contribution in [3.63, 3.8) is 0 Å². The molecule has 2 heterocycles. The van der Waals surface area contributed by atoms with Gasteiger partial charge >= 0.3 is 6.36 Å². The number of hydrogen-bond acceptors (Lipinski definition) is 6. The highest BCUT2D eigenvalue weighted by Crippen LogP contribution is 2.30. The Morgan fingerprint density at radius 3 is 2.35 bits per heavy atom. The highest BCUT2D eigenvalue weighted by atomic mass is 19.4. The number of amides is 2. The van der Waals surface area contributed by atoms with Crippen molar-refractivity contribution in [3.8, 4) is 22.6 Å². The number of piperidine rings is 1. The monoisotopic (exact) mass is 560 g/mol. The number of alkyl halides is 3. The summed E-state index contributed by atoms with van der Waals surface area (Å²) in [6, 6.07) is 10.4. The van der Waals surface area contributed by atoms with Gasteiger partial charge in [-0.3, -0.25) is 14.3 Å². The van der Waals surface area contributed by atoms with Crippen molar-refractivity contribution in [2.45, 2.75) is 51.1 Å². The van der Waals surface area contributed by atoms with Crippen molar-refractivity contribution in [2.75, 3.05) is 19.7 Å². The molecule has 4 rings (SSSR count). The fraction of sp³-hybridized carbons (Fsp3) is 0.393. The minimum Gasteiger partial charge on any atom is -0.489 e. The maximum absolute atomic E-state index is 12.7. The molecule has 0 saturated carbocycles. The molecule has 2 aromatic carbocycles. The lowest BCUT2D eigenvalue weighted by atomic mass is 10.0. The van der Waals surface area contributed by atoms with Crippen molar-refractivity contribution in [2.24, 2.45) is 5.73 Å². The van der Waals surface area contributed by atoms with Crippen LogP contribution in [0.4, 0.5) is 13.2 Å². The molecule has 0 bridgehead atoms. The first-order valence-corrected chi connectivity index (χ1v) is 12.7. The topological polar surface area (TPSA) is 120 Å². The molecule has 3 N–H and O–H groups in total. The number of nitrogens with two attached hydrogens (primary N) is 1. The Bertz CT molecular complexity index is 1350. The number of carbonyl (C=O) groups excluding carboxylic acids is 2. The standard InChI is InChI=1S/C28H31F3N4O5/c1-27(2,17-36)35-16-20(15-33-35)19-5-8-24(23(14-19)26(32)38)39-21-9-11-34(12-10-21)25(37)13-18-3-6-22(7-4-18)40-28(29,30)31/h3-8,14-16,21,36H,9-13,17H2,1-2H3,(H2,32,38). The number of aromatic nitrogens is 2. The molecule has 3 aromatic rings. The summed E-state index contributed by atoms with van der Waals surface area (Å²) in [5.41, 5.74) is 7.34. The molecule has 0 unspecified atom stereocenters. The molecule has 1 saturated heterocycles. The van der Waals surface area contributed by atoms with Crippen LogP contribution in [-0.4, -0.2) is 63.8 Å². The minimum atomic E-state index is -4.77. The lowest BCUT2D eigenvalue weighted by molar-refractivity contribution is -0.274. The average molecular weight is 561 g/mol. The van der Waals surface area contributed by atoms with Crippen LogP contribution in [0.1, 0.15) is 42.6 Å². The molecule has 0 radical (unpaired) electrons. The Labute approximate surface area is 229 Å². The van der Waals surface area contributed by atoms with Gasteiger partial charge in [-0.2, -0.15) is 5.10 Å². The molecule has 1 fully saturated rings. The maximum Gasteiger partial charge on any atom is 0.573 e. The minimum absolute atomic E-state index is 0.0528. The molecule has 0 spiro atoms. The van der Waals surface area contributed by atoms with Gasteiger partial charge in [0.15, 0.2) is 0 Å². The number of ether oxygens (including phenoxy) is 2. The summed E-state index contributed by atoms with van der Waals surface area (Å²) in [5.74, 6) is -0.773. The molecule has 0 atom stereocenters. The zero-order chi connectivity index (χ0) is 29.1. The number of likely N-dealkylation sites (tertiary alicyclic amines) is 1. The quantitative estimate of drug-likeness (QED) is 0.410. The number of primary amides is 1. The van der Waals surface area contributed by atoms with Crippen molar-refractivity contribution in [1.29, 1.82) is 0 Å². The number of aliphatic hydroxyl groups is 1. The Morgan fingerprint density at radius 2 is 1.75 bits per heavy atom. The number of halogens is 3. The van der Waals surface area contributed by atoms with E-state index >= 15 is 0 Å². The third-order valence-corrected chi connectivity index (χ3v) is 6.77. The second-order valence-electron chi connectivity index (χ2n) is 10.3. The van der Waals surface area contributed by atoms with E-state index in [0.717, 1.165) is 11.1 Å². The number of rotatable bonds is 9. The number of benzene rings is 2. The van der Waals surface area contributed by atoms with Gasteiger partial charge in [0.2, 0.25) is 5.91 Å². The first kappa shape index (κ1) is 28.9. The van der Waals surface area contributed by atoms with Gasteiger partial charge in [-0.15, -0.1) is 13.2 Å². The Morgan fingerprint density at radius 1 is 1.07 bits per heavy atom. The molecule has 0 aliphatic carbocycles. The van der Waals surface area contributed by atoms with E-state index < -0.39 is 17.8 Å². The van der Waals surface area contributed by atoms with E-state index in [4.69, 9.17) is 10.5 Å². The van der Waals surface area contributed by atoms with Crippen LogP contribution >= 0.6 is 0 Å². The summed E-state index contributed by atoms with van der Waals surface area (Å²) in [7, 11) is 0. The van der Waals surface area contributed by atoms with Gasteiger partial charge in [0.1, 0.15) is 17.6 Å². The average Bonchev–Trinajstić information content (AvgIpc) is 3.41. The van der Waals surface area contributed by atoms with Crippen LogP contribution in [0, 0.1) is 0 Å². The second-order valence-corrected chi connectivity index (χ2v) is 10.3. The first-order valence-electron chi connectivity index (χ1n) is 12.7. The van der Waals surface area contributed by atoms with Gasteiger partial charge in [0, 0.05) is 37.7 Å². The van der Waals surface area contributed by atoms with Crippen LogP contribution in [0.15, 0.2) is 54.9 Å². The molecule has 1 aliphatic rings. The number of carbonyl (C=O) groups is 2. The summed E-state index contributed by atoms with van der Waals surface area (Å²) < 4.78 is 48.6. The molecule has 2 amide bonds. The Hall–Kier alpha value is -4.06. The largest absolute Gasteiger partial charge is 0.573 e. The second kappa shape index (κ2) is 11.6. The van der Waals surface area contributed by atoms with E-state index in [0.29, 0.717) is 37.2 Å². The summed E-state index contributed by atoms with van der Waals surface area (Å²) in [5, 5.41) is 13.9. The van der Waals surface area contributed by atoms with Crippen LogP contribution in [0.3, 0.4) is 0 Å². The summed E-state index contributed by atoms with van der Waals surface area (Å²) in [6.45, 7) is 4.47. The molecular weight excluding hydrogens is 529 g/mol. The normalized spacial score (nSPS) is 14.7. The lowest BCUT2D eigenvalue weighted by Gasteiger charge is -2.32. The molecule has 9 nitrogen and oxygen atoms in total. The highest BCUT2D eigenvalue weighted by molar-refractivity contribution is 5.97. The van der Waals surface area contributed by atoms with E-state index in [9.17, 15) is 27.9 Å². The maximum atomic E-state index is 12.7. The van der Waals surface area contributed by atoms with Crippen LogP contribution < -0.4 is 15.2 Å². The van der Waals surface area contributed by atoms with Crippen LogP contribution in [-0.2, 0) is 16.8 Å². The molecule has 40 heavy (non-hydrogen) atoms. The van der Waals surface area contributed by atoms with Crippen LogP contribution in [0.25, 0.3) is 11.1 Å². The third kappa shape index (κ3) is 7.12. The van der Waals surface area contributed by atoms with Crippen molar-refractivity contribution in [3.05, 3.63) is 66.0 Å². The number of nitrogens with zero attached hydrogens (tertiary/aromatic N) is 3. The fourth-order valence-corrected chi connectivity index (χ4v) is 4.38. The zero-order valence-corrected chi connectivity index (χ0v) is 22.1. The van der Waals surface area contributed by atoms with Crippen LogP contribution in [0.2, 0.25) is 0 Å².